The van der Waals surface area contributed by atoms with Crippen LogP contribution in [0.4, 0.5) is 0 Å². The molecule has 0 aliphatic heterocycles. The standard InChI is InChI=1S/2C9H20.CH4/c2*1-8(2)6-5-7-9(3)4;/h2*8-9H,5-7H2,1-4H3;1H4. The predicted molar refractivity (Wildman–Crippen MR) is 93.8 cm³/mol. The van der Waals surface area contributed by atoms with Crippen molar-refractivity contribution in [2.45, 2.75) is 101 Å². The fraction of sp³-hybridized carbons (Fsp3) is 1.00. The minimum Gasteiger partial charge on any atom is -0.0776 e. The van der Waals surface area contributed by atoms with Crippen LogP contribution in [0.15, 0.2) is 0 Å². The monoisotopic (exact) mass is 272 g/mol. The second kappa shape index (κ2) is 16.1. The first-order valence-corrected chi connectivity index (χ1v) is 8.25. The van der Waals surface area contributed by atoms with Gasteiger partial charge in [0.1, 0.15) is 0 Å². The second-order valence-electron chi connectivity index (χ2n) is 7.44. The lowest BCUT2D eigenvalue weighted by Gasteiger charge is -2.05. The lowest BCUT2D eigenvalue weighted by atomic mass is 10.0. The molecule has 0 aromatic carbocycles. The summed E-state index contributed by atoms with van der Waals surface area (Å²) in [5, 5.41) is 0. The number of hydrogen-bond acceptors (Lipinski definition) is 0. The fourth-order valence-electron chi connectivity index (χ4n) is 1.87. The van der Waals surface area contributed by atoms with Crippen LogP contribution in [0.25, 0.3) is 0 Å². The summed E-state index contributed by atoms with van der Waals surface area (Å²) in [5.74, 6) is 3.57. The topological polar surface area (TPSA) is 0 Å². The summed E-state index contributed by atoms with van der Waals surface area (Å²) in [5.41, 5.74) is 0. The first kappa shape index (κ1) is 24.0. The smallest absolute Gasteiger partial charge is 0.0471 e. The molecule has 0 heteroatoms. The van der Waals surface area contributed by atoms with Gasteiger partial charge in [0.25, 0.3) is 0 Å². The van der Waals surface area contributed by atoms with Gasteiger partial charge < -0.3 is 0 Å². The first-order chi connectivity index (χ1) is 8.25. The second-order valence-corrected chi connectivity index (χ2v) is 7.44. The van der Waals surface area contributed by atoms with Crippen molar-refractivity contribution in [3.63, 3.8) is 0 Å². The third-order valence-electron chi connectivity index (χ3n) is 3.13. The molecule has 0 bridgehead atoms. The van der Waals surface area contributed by atoms with Crippen LogP contribution in [0.5, 0.6) is 0 Å². The molecule has 0 fully saturated rings. The molecule has 0 saturated carbocycles. The van der Waals surface area contributed by atoms with Crippen molar-refractivity contribution in [2.75, 3.05) is 0 Å². The number of rotatable bonds is 8. The molecule has 0 aromatic heterocycles. The van der Waals surface area contributed by atoms with E-state index >= 15 is 0 Å². The molecule has 0 saturated heterocycles. The molecular weight excluding hydrogens is 228 g/mol. The summed E-state index contributed by atoms with van der Waals surface area (Å²) in [6.45, 7) is 18.3. The van der Waals surface area contributed by atoms with Gasteiger partial charge in [-0.05, 0) is 23.7 Å². The Balaban J connectivity index is -0.000000256. The van der Waals surface area contributed by atoms with Crippen molar-refractivity contribution in [1.29, 1.82) is 0 Å². The Morgan fingerprint density at radius 2 is 0.579 bits per heavy atom. The Hall–Kier alpha value is 0. The molecule has 19 heavy (non-hydrogen) atoms. The van der Waals surface area contributed by atoms with Crippen LogP contribution in [0.1, 0.15) is 101 Å². The van der Waals surface area contributed by atoms with Gasteiger partial charge in [-0.2, -0.15) is 0 Å². The molecule has 0 spiro atoms. The molecule has 0 aliphatic rings. The summed E-state index contributed by atoms with van der Waals surface area (Å²) in [7, 11) is 0. The van der Waals surface area contributed by atoms with Crippen LogP contribution in [0, 0.1) is 23.7 Å². The highest BCUT2D eigenvalue weighted by molar-refractivity contribution is 4.49. The molecule has 0 rings (SSSR count). The van der Waals surface area contributed by atoms with E-state index < -0.39 is 0 Å². The van der Waals surface area contributed by atoms with Gasteiger partial charge in [0, 0.05) is 0 Å². The molecule has 0 N–H and O–H groups in total. The zero-order chi connectivity index (χ0) is 14.6. The van der Waals surface area contributed by atoms with E-state index in [-0.39, 0.29) is 7.43 Å². The van der Waals surface area contributed by atoms with Crippen LogP contribution in [-0.2, 0) is 0 Å². The summed E-state index contributed by atoms with van der Waals surface area (Å²) in [4.78, 5) is 0. The molecule has 120 valence electrons. The largest absolute Gasteiger partial charge is 0.0776 e. The lowest BCUT2D eigenvalue weighted by molar-refractivity contribution is 0.480. The summed E-state index contributed by atoms with van der Waals surface area (Å²) >= 11 is 0. The van der Waals surface area contributed by atoms with Crippen molar-refractivity contribution >= 4 is 0 Å². The molecule has 0 aliphatic carbocycles. The van der Waals surface area contributed by atoms with E-state index in [1.165, 1.54) is 38.5 Å². The predicted octanol–water partition coefficient (Wildman–Crippen LogP) is 7.57. The van der Waals surface area contributed by atoms with Gasteiger partial charge in [-0.1, -0.05) is 101 Å². The van der Waals surface area contributed by atoms with Gasteiger partial charge in [-0.15, -0.1) is 0 Å². The van der Waals surface area contributed by atoms with Gasteiger partial charge in [0.15, 0.2) is 0 Å². The minimum absolute atomic E-state index is 0. The van der Waals surface area contributed by atoms with E-state index in [4.69, 9.17) is 0 Å². The maximum Gasteiger partial charge on any atom is -0.0471 e. The molecular formula is C19H44. The SMILES string of the molecule is C.CC(C)CCCC(C)C.CC(C)CCCC(C)C. The van der Waals surface area contributed by atoms with E-state index in [9.17, 15) is 0 Å². The highest BCUT2D eigenvalue weighted by atomic mass is 14.0. The average molecular weight is 273 g/mol. The Labute approximate surface area is 125 Å². The Morgan fingerprint density at radius 1 is 0.421 bits per heavy atom. The third kappa shape index (κ3) is 32.0. The van der Waals surface area contributed by atoms with Crippen LogP contribution in [0.3, 0.4) is 0 Å². The van der Waals surface area contributed by atoms with Crippen LogP contribution >= 0.6 is 0 Å². The quantitative estimate of drug-likeness (QED) is 0.427. The third-order valence-corrected chi connectivity index (χ3v) is 3.13. The molecule has 0 radical (unpaired) electrons. The van der Waals surface area contributed by atoms with E-state index in [0.717, 1.165) is 23.7 Å². The van der Waals surface area contributed by atoms with Crippen molar-refractivity contribution in [3.8, 4) is 0 Å². The first-order valence-electron chi connectivity index (χ1n) is 8.25. The molecule has 0 aromatic rings. The molecule has 0 amide bonds. The van der Waals surface area contributed by atoms with Gasteiger partial charge in [0.2, 0.25) is 0 Å². The maximum atomic E-state index is 2.29. The van der Waals surface area contributed by atoms with E-state index in [1.54, 1.807) is 0 Å². The van der Waals surface area contributed by atoms with E-state index in [0.29, 0.717) is 0 Å². The van der Waals surface area contributed by atoms with Gasteiger partial charge >= 0.3 is 0 Å². The summed E-state index contributed by atoms with van der Waals surface area (Å²) in [6, 6.07) is 0. The maximum absolute atomic E-state index is 2.29. The average Bonchev–Trinajstić information content (AvgIpc) is 2.15. The molecule has 0 atom stereocenters. The van der Waals surface area contributed by atoms with Crippen molar-refractivity contribution in [1.82, 2.24) is 0 Å². The normalized spacial score (nSPS) is 10.7. The zero-order valence-electron chi connectivity index (χ0n) is 14.6. The minimum atomic E-state index is 0. The Bertz CT molecular complexity index is 108. The summed E-state index contributed by atoms with van der Waals surface area (Å²) in [6.07, 6.45) is 8.43. The van der Waals surface area contributed by atoms with Crippen molar-refractivity contribution in [3.05, 3.63) is 0 Å². The van der Waals surface area contributed by atoms with Crippen LogP contribution in [0.2, 0.25) is 0 Å². The highest BCUT2D eigenvalue weighted by Crippen LogP contribution is 2.11. The fourth-order valence-corrected chi connectivity index (χ4v) is 1.87. The van der Waals surface area contributed by atoms with Gasteiger partial charge in [-0.3, -0.25) is 0 Å². The van der Waals surface area contributed by atoms with Gasteiger partial charge in [-0.25, -0.2) is 0 Å². The molecule has 0 heterocycles. The van der Waals surface area contributed by atoms with Gasteiger partial charge in [0.05, 0.1) is 0 Å². The van der Waals surface area contributed by atoms with Crippen molar-refractivity contribution < 1.29 is 0 Å². The molecule has 0 unspecified atom stereocenters. The number of hydrogen-bond donors (Lipinski definition) is 0. The summed E-state index contributed by atoms with van der Waals surface area (Å²) < 4.78 is 0. The van der Waals surface area contributed by atoms with Crippen LogP contribution < -0.4 is 0 Å². The molecule has 0 nitrogen and oxygen atoms in total. The van der Waals surface area contributed by atoms with Crippen molar-refractivity contribution in [2.24, 2.45) is 23.7 Å². The lowest BCUT2D eigenvalue weighted by Crippen LogP contribution is -1.91. The Kier molecular flexibility index (Phi) is 20.3. The van der Waals surface area contributed by atoms with Crippen LogP contribution in [-0.4, -0.2) is 0 Å². The van der Waals surface area contributed by atoms with E-state index in [2.05, 4.69) is 55.4 Å². The highest BCUT2D eigenvalue weighted by Gasteiger charge is 1.96. The van der Waals surface area contributed by atoms with E-state index in [1.807, 2.05) is 0 Å². The Morgan fingerprint density at radius 3 is 0.684 bits per heavy atom. The zero-order valence-corrected chi connectivity index (χ0v) is 14.6.